The predicted molar refractivity (Wildman–Crippen MR) is 49.2 cm³/mol. The largest absolute Gasteiger partial charge is 0.349 e. The van der Waals surface area contributed by atoms with Crippen molar-refractivity contribution in [2.75, 3.05) is 13.1 Å². The number of nitrogens with zero attached hydrogens (tertiary/aromatic N) is 2. The average Bonchev–Trinajstić information content (AvgIpc) is 2.60. The molecule has 0 aliphatic carbocycles. The molecule has 2 heterocycles. The molecule has 0 unspecified atom stereocenters. The summed E-state index contributed by atoms with van der Waals surface area (Å²) < 4.78 is 0. The molecular formula is C8H13N5O. The fourth-order valence-corrected chi connectivity index (χ4v) is 1.33. The minimum atomic E-state index is 0.0768. The monoisotopic (exact) mass is 195 g/mol. The smallest absolute Gasteiger partial charge is 0.220 e. The molecule has 2 rings (SSSR count). The molecule has 0 bridgehead atoms. The van der Waals surface area contributed by atoms with E-state index in [0.29, 0.717) is 24.7 Å². The van der Waals surface area contributed by atoms with Gasteiger partial charge in [0.25, 0.3) is 0 Å². The lowest BCUT2D eigenvalue weighted by atomic mass is 9.99. The summed E-state index contributed by atoms with van der Waals surface area (Å²) in [6, 6.07) is 0. The highest BCUT2D eigenvalue weighted by atomic mass is 16.1. The summed E-state index contributed by atoms with van der Waals surface area (Å²) in [5.41, 5.74) is 0. The van der Waals surface area contributed by atoms with Gasteiger partial charge in [0.15, 0.2) is 0 Å². The lowest BCUT2D eigenvalue weighted by Gasteiger charge is -2.26. The second kappa shape index (κ2) is 4.19. The van der Waals surface area contributed by atoms with Crippen LogP contribution < -0.4 is 10.6 Å². The molecule has 1 aromatic heterocycles. The van der Waals surface area contributed by atoms with E-state index in [4.69, 9.17) is 0 Å². The Morgan fingerprint density at radius 1 is 1.64 bits per heavy atom. The number of nitrogens with one attached hydrogen (secondary N) is 3. The highest BCUT2D eigenvalue weighted by Gasteiger charge is 2.19. The summed E-state index contributed by atoms with van der Waals surface area (Å²) >= 11 is 0. The van der Waals surface area contributed by atoms with Crippen molar-refractivity contribution in [2.24, 2.45) is 5.92 Å². The van der Waals surface area contributed by atoms with E-state index in [2.05, 4.69) is 25.8 Å². The molecule has 1 aliphatic heterocycles. The number of aromatic amines is 1. The van der Waals surface area contributed by atoms with Crippen molar-refractivity contribution in [1.82, 2.24) is 25.8 Å². The molecular weight excluding hydrogens is 182 g/mol. The van der Waals surface area contributed by atoms with Gasteiger partial charge in [0.05, 0.1) is 6.54 Å². The zero-order valence-electron chi connectivity index (χ0n) is 7.79. The zero-order chi connectivity index (χ0) is 9.80. The second-order valence-electron chi connectivity index (χ2n) is 3.44. The first-order valence-corrected chi connectivity index (χ1v) is 4.66. The Bertz CT molecular complexity index is 293. The molecule has 6 nitrogen and oxygen atoms in total. The number of carbonyl (C=O) groups is 1. The lowest BCUT2D eigenvalue weighted by molar-refractivity contribution is -0.122. The van der Waals surface area contributed by atoms with Gasteiger partial charge in [-0.25, -0.2) is 4.98 Å². The van der Waals surface area contributed by atoms with Crippen LogP contribution in [0.1, 0.15) is 12.2 Å². The molecule has 76 valence electrons. The number of carbonyl (C=O) groups excluding carboxylic acids is 1. The molecule has 0 radical (unpaired) electrons. The van der Waals surface area contributed by atoms with Crippen molar-refractivity contribution in [3.05, 3.63) is 12.2 Å². The van der Waals surface area contributed by atoms with Crippen molar-refractivity contribution in [3.63, 3.8) is 0 Å². The van der Waals surface area contributed by atoms with Crippen molar-refractivity contribution < 1.29 is 4.79 Å². The fraction of sp³-hybridized carbons (Fsp3) is 0.625. The predicted octanol–water partition coefficient (Wildman–Crippen LogP) is -0.970. The molecule has 1 aliphatic rings. The van der Waals surface area contributed by atoms with Gasteiger partial charge in [0, 0.05) is 6.42 Å². The van der Waals surface area contributed by atoms with Crippen LogP contribution in [0.3, 0.4) is 0 Å². The van der Waals surface area contributed by atoms with Crippen LogP contribution in [0.2, 0.25) is 0 Å². The third-order valence-corrected chi connectivity index (χ3v) is 2.26. The highest BCUT2D eigenvalue weighted by Crippen LogP contribution is 2.07. The lowest BCUT2D eigenvalue weighted by Crippen LogP contribution is -2.44. The van der Waals surface area contributed by atoms with Crippen molar-refractivity contribution >= 4 is 5.91 Å². The van der Waals surface area contributed by atoms with Gasteiger partial charge >= 0.3 is 0 Å². The molecule has 1 amide bonds. The van der Waals surface area contributed by atoms with E-state index in [1.165, 1.54) is 6.33 Å². The van der Waals surface area contributed by atoms with Crippen LogP contribution in [0.25, 0.3) is 0 Å². The minimum absolute atomic E-state index is 0.0768. The topological polar surface area (TPSA) is 82.7 Å². The molecule has 1 saturated heterocycles. The highest BCUT2D eigenvalue weighted by molar-refractivity contribution is 5.76. The van der Waals surface area contributed by atoms with Gasteiger partial charge in [-0.15, -0.1) is 0 Å². The van der Waals surface area contributed by atoms with Gasteiger partial charge in [-0.1, -0.05) is 0 Å². The third-order valence-electron chi connectivity index (χ3n) is 2.26. The summed E-state index contributed by atoms with van der Waals surface area (Å²) in [5, 5.41) is 12.3. The van der Waals surface area contributed by atoms with Crippen LogP contribution in [0.15, 0.2) is 6.33 Å². The summed E-state index contributed by atoms with van der Waals surface area (Å²) in [6.07, 6.45) is 2.03. The molecule has 0 aromatic carbocycles. The van der Waals surface area contributed by atoms with Crippen molar-refractivity contribution in [3.8, 4) is 0 Å². The quantitative estimate of drug-likeness (QED) is 0.577. The molecule has 1 fully saturated rings. The number of amides is 1. The fourth-order valence-electron chi connectivity index (χ4n) is 1.33. The Morgan fingerprint density at radius 3 is 3.07 bits per heavy atom. The number of hydrogen-bond donors (Lipinski definition) is 3. The normalized spacial score (nSPS) is 16.3. The van der Waals surface area contributed by atoms with E-state index in [1.54, 1.807) is 0 Å². The summed E-state index contributed by atoms with van der Waals surface area (Å²) in [6.45, 7) is 2.34. The van der Waals surface area contributed by atoms with Crippen LogP contribution >= 0.6 is 0 Å². The van der Waals surface area contributed by atoms with E-state index in [-0.39, 0.29) is 5.91 Å². The summed E-state index contributed by atoms with van der Waals surface area (Å²) in [5.74, 6) is 1.27. The number of H-pyrrole nitrogens is 1. The Labute approximate surface area is 81.5 Å². The van der Waals surface area contributed by atoms with E-state index in [1.807, 2.05) is 0 Å². The van der Waals surface area contributed by atoms with Gasteiger partial charge in [-0.05, 0) is 19.0 Å². The number of hydrogen-bond acceptors (Lipinski definition) is 4. The van der Waals surface area contributed by atoms with Crippen molar-refractivity contribution in [1.29, 1.82) is 0 Å². The zero-order valence-corrected chi connectivity index (χ0v) is 7.79. The molecule has 0 saturated carbocycles. The van der Waals surface area contributed by atoms with E-state index < -0.39 is 0 Å². The number of aromatic nitrogens is 3. The number of rotatable bonds is 4. The first-order chi connectivity index (χ1) is 6.84. The SMILES string of the molecule is O=C(CC1CNC1)NCc1ncn[nH]1. The first kappa shape index (κ1) is 9.14. The van der Waals surface area contributed by atoms with Crippen LogP contribution in [0.5, 0.6) is 0 Å². The van der Waals surface area contributed by atoms with E-state index >= 15 is 0 Å². The molecule has 1 aromatic rings. The van der Waals surface area contributed by atoms with Gasteiger partial charge in [-0.3, -0.25) is 9.89 Å². The van der Waals surface area contributed by atoms with Gasteiger partial charge < -0.3 is 10.6 Å². The van der Waals surface area contributed by atoms with Gasteiger partial charge in [0.1, 0.15) is 12.2 Å². The van der Waals surface area contributed by atoms with Crippen LogP contribution in [-0.2, 0) is 11.3 Å². The summed E-state index contributed by atoms with van der Waals surface area (Å²) in [7, 11) is 0. The van der Waals surface area contributed by atoms with Crippen LogP contribution in [0.4, 0.5) is 0 Å². The second-order valence-corrected chi connectivity index (χ2v) is 3.44. The molecule has 0 spiro atoms. The Balaban J connectivity index is 1.67. The maximum Gasteiger partial charge on any atom is 0.220 e. The minimum Gasteiger partial charge on any atom is -0.349 e. The standard InChI is InChI=1S/C8H13N5O/c14-8(1-6-2-9-3-6)10-4-7-11-5-12-13-7/h5-6,9H,1-4H2,(H,10,14)(H,11,12,13). The maximum absolute atomic E-state index is 11.3. The maximum atomic E-state index is 11.3. The van der Waals surface area contributed by atoms with E-state index in [0.717, 1.165) is 13.1 Å². The third kappa shape index (κ3) is 2.29. The first-order valence-electron chi connectivity index (χ1n) is 4.66. The molecule has 14 heavy (non-hydrogen) atoms. The molecule has 6 heteroatoms. The Morgan fingerprint density at radius 2 is 2.50 bits per heavy atom. The van der Waals surface area contributed by atoms with E-state index in [9.17, 15) is 4.79 Å². The Kier molecular flexibility index (Phi) is 2.73. The summed E-state index contributed by atoms with van der Waals surface area (Å²) in [4.78, 5) is 15.2. The average molecular weight is 195 g/mol. The van der Waals surface area contributed by atoms with Crippen molar-refractivity contribution in [2.45, 2.75) is 13.0 Å². The van der Waals surface area contributed by atoms with Crippen LogP contribution in [0, 0.1) is 5.92 Å². The van der Waals surface area contributed by atoms with Gasteiger partial charge in [0.2, 0.25) is 5.91 Å². The van der Waals surface area contributed by atoms with Gasteiger partial charge in [-0.2, -0.15) is 5.10 Å². The van der Waals surface area contributed by atoms with Crippen LogP contribution in [-0.4, -0.2) is 34.2 Å². The Hall–Kier alpha value is -1.43. The molecule has 0 atom stereocenters. The molecule has 3 N–H and O–H groups in total.